The third kappa shape index (κ3) is 4.41. The second-order valence-corrected chi connectivity index (χ2v) is 9.36. The van der Waals surface area contributed by atoms with E-state index in [2.05, 4.69) is 13.0 Å². The molecule has 0 fully saturated rings. The van der Waals surface area contributed by atoms with Gasteiger partial charge in [-0.25, -0.2) is 0 Å². The van der Waals surface area contributed by atoms with Crippen molar-refractivity contribution in [3.05, 3.63) is 76.3 Å². The molecule has 164 valence electrons. The fourth-order valence-corrected chi connectivity index (χ4v) is 5.53. The molecule has 0 radical (unpaired) electrons. The third-order valence-corrected chi connectivity index (χ3v) is 7.26. The summed E-state index contributed by atoms with van der Waals surface area (Å²) in [5.41, 5.74) is 4.27. The molecule has 6 heteroatoms. The van der Waals surface area contributed by atoms with Gasteiger partial charge in [-0.1, -0.05) is 55.3 Å². The van der Waals surface area contributed by atoms with Gasteiger partial charge in [0.25, 0.3) is 0 Å². The van der Waals surface area contributed by atoms with E-state index >= 15 is 0 Å². The standard InChI is InChI=1S/C26H23ClO4S/c1-3-6-17-10-11-21-25(18-7-4-5-8-20(18)31-21)24(17)26(15(2)28)32-22-12-9-16(13-19(22)27)14-23(29)30/h4-5,7-13,26H,3,6,14H2,1-2H3,(H,29,30). The Hall–Kier alpha value is -2.76. The number of carbonyl (C=O) groups excluding carboxylic acids is 1. The predicted molar refractivity (Wildman–Crippen MR) is 130 cm³/mol. The molecule has 4 rings (SSSR count). The average molecular weight is 467 g/mol. The van der Waals surface area contributed by atoms with Gasteiger partial charge in [0.15, 0.2) is 0 Å². The summed E-state index contributed by atoms with van der Waals surface area (Å²) < 4.78 is 6.08. The maximum Gasteiger partial charge on any atom is 0.307 e. The van der Waals surface area contributed by atoms with Crippen LogP contribution in [-0.4, -0.2) is 16.9 Å². The molecule has 0 aliphatic carbocycles. The number of fused-ring (bicyclic) bond motifs is 3. The van der Waals surface area contributed by atoms with Crippen molar-refractivity contribution in [1.29, 1.82) is 0 Å². The number of rotatable bonds is 8. The Morgan fingerprint density at radius 1 is 1.09 bits per heavy atom. The number of aliphatic carboxylic acids is 1. The van der Waals surface area contributed by atoms with Crippen LogP contribution >= 0.6 is 23.4 Å². The van der Waals surface area contributed by atoms with Gasteiger partial charge < -0.3 is 9.52 Å². The first-order valence-electron chi connectivity index (χ1n) is 10.5. The second kappa shape index (κ2) is 9.39. The first-order valence-corrected chi connectivity index (χ1v) is 11.7. The van der Waals surface area contributed by atoms with Crippen LogP contribution in [0.15, 0.2) is 63.9 Å². The lowest BCUT2D eigenvalue weighted by molar-refractivity contribution is -0.136. The van der Waals surface area contributed by atoms with Gasteiger partial charge in [0.2, 0.25) is 0 Å². The van der Waals surface area contributed by atoms with Crippen LogP contribution in [0.5, 0.6) is 0 Å². The fourth-order valence-electron chi connectivity index (χ4n) is 4.07. The number of carboxylic acids is 1. The zero-order chi connectivity index (χ0) is 22.8. The van der Waals surface area contributed by atoms with Crippen LogP contribution in [-0.2, 0) is 22.4 Å². The number of benzene rings is 3. The number of ketones is 1. The van der Waals surface area contributed by atoms with Crippen molar-refractivity contribution in [1.82, 2.24) is 0 Å². The summed E-state index contributed by atoms with van der Waals surface area (Å²) in [4.78, 5) is 24.7. The highest BCUT2D eigenvalue weighted by molar-refractivity contribution is 8.00. The number of hydrogen-bond acceptors (Lipinski definition) is 4. The van der Waals surface area contributed by atoms with Crippen LogP contribution < -0.4 is 0 Å². The lowest BCUT2D eigenvalue weighted by Crippen LogP contribution is -2.09. The lowest BCUT2D eigenvalue weighted by atomic mass is 9.94. The predicted octanol–water partition coefficient (Wildman–Crippen LogP) is 7.24. The van der Waals surface area contributed by atoms with Crippen molar-refractivity contribution < 1.29 is 19.1 Å². The number of para-hydroxylation sites is 1. The SMILES string of the molecule is CCCc1ccc2oc3ccccc3c2c1C(Sc1ccc(CC(=O)O)cc1Cl)C(C)=O. The van der Waals surface area contributed by atoms with Crippen molar-refractivity contribution >= 4 is 57.1 Å². The number of hydrogen-bond donors (Lipinski definition) is 1. The second-order valence-electron chi connectivity index (χ2n) is 7.80. The van der Waals surface area contributed by atoms with Gasteiger partial charge in [0.05, 0.1) is 16.7 Å². The van der Waals surface area contributed by atoms with Gasteiger partial charge in [0, 0.05) is 15.7 Å². The van der Waals surface area contributed by atoms with E-state index in [-0.39, 0.29) is 12.2 Å². The number of aryl methyl sites for hydroxylation is 1. The third-order valence-electron chi connectivity index (χ3n) is 5.42. The molecule has 4 aromatic rings. The summed E-state index contributed by atoms with van der Waals surface area (Å²) in [6.45, 7) is 3.72. The molecule has 1 N–H and O–H groups in total. The quantitative estimate of drug-likeness (QED) is 0.277. The Morgan fingerprint density at radius 3 is 2.56 bits per heavy atom. The number of halogens is 1. The zero-order valence-electron chi connectivity index (χ0n) is 17.9. The topological polar surface area (TPSA) is 67.5 Å². The van der Waals surface area contributed by atoms with E-state index in [1.807, 2.05) is 30.3 Å². The van der Waals surface area contributed by atoms with Crippen LogP contribution in [0, 0.1) is 0 Å². The molecule has 1 atom stereocenters. The number of carbonyl (C=O) groups is 2. The van der Waals surface area contributed by atoms with E-state index in [1.165, 1.54) is 11.8 Å². The van der Waals surface area contributed by atoms with E-state index in [0.29, 0.717) is 10.6 Å². The van der Waals surface area contributed by atoms with E-state index in [0.717, 1.165) is 50.8 Å². The molecular weight excluding hydrogens is 444 g/mol. The minimum atomic E-state index is -0.911. The minimum absolute atomic E-state index is 0.0239. The van der Waals surface area contributed by atoms with Crippen LogP contribution in [0.3, 0.4) is 0 Å². The monoisotopic (exact) mass is 466 g/mol. The molecule has 1 aromatic heterocycles. The summed E-state index contributed by atoms with van der Waals surface area (Å²) in [5.74, 6) is -0.887. The van der Waals surface area contributed by atoms with Gasteiger partial charge in [-0.2, -0.15) is 0 Å². The molecule has 0 aliphatic heterocycles. The summed E-state index contributed by atoms with van der Waals surface area (Å²) in [6.07, 6.45) is 1.70. The summed E-state index contributed by atoms with van der Waals surface area (Å²) >= 11 is 7.90. The largest absolute Gasteiger partial charge is 0.481 e. The fraction of sp³-hybridized carbons (Fsp3) is 0.231. The maximum absolute atomic E-state index is 13.0. The maximum atomic E-state index is 13.0. The number of furan rings is 1. The first-order chi connectivity index (χ1) is 15.4. The highest BCUT2D eigenvalue weighted by atomic mass is 35.5. The van der Waals surface area contributed by atoms with Crippen molar-refractivity contribution in [2.24, 2.45) is 0 Å². The van der Waals surface area contributed by atoms with Crippen molar-refractivity contribution in [3.8, 4) is 0 Å². The molecule has 0 bridgehead atoms. The molecule has 0 saturated heterocycles. The Morgan fingerprint density at radius 2 is 1.88 bits per heavy atom. The molecule has 1 heterocycles. The van der Waals surface area contributed by atoms with Crippen molar-refractivity contribution in [2.45, 2.75) is 43.3 Å². The van der Waals surface area contributed by atoms with E-state index in [1.54, 1.807) is 25.1 Å². The van der Waals surface area contributed by atoms with Gasteiger partial charge >= 0.3 is 5.97 Å². The van der Waals surface area contributed by atoms with Gasteiger partial charge in [-0.3, -0.25) is 9.59 Å². The molecule has 0 spiro atoms. The molecular formula is C26H23ClO4S. The van der Waals surface area contributed by atoms with Gasteiger partial charge in [0.1, 0.15) is 16.9 Å². The molecule has 3 aromatic carbocycles. The zero-order valence-corrected chi connectivity index (χ0v) is 19.4. The van der Waals surface area contributed by atoms with Crippen molar-refractivity contribution in [2.75, 3.05) is 0 Å². The Bertz CT molecular complexity index is 1320. The Kier molecular flexibility index (Phi) is 6.58. The van der Waals surface area contributed by atoms with E-state index in [4.69, 9.17) is 21.1 Å². The van der Waals surface area contributed by atoms with Crippen LogP contribution in [0.25, 0.3) is 21.9 Å². The summed E-state index contributed by atoms with van der Waals surface area (Å²) in [7, 11) is 0. The highest BCUT2D eigenvalue weighted by Crippen LogP contribution is 2.45. The molecule has 4 nitrogen and oxygen atoms in total. The molecule has 0 amide bonds. The minimum Gasteiger partial charge on any atom is -0.481 e. The van der Waals surface area contributed by atoms with Gasteiger partial charge in [-0.15, -0.1) is 11.8 Å². The average Bonchev–Trinajstić information content (AvgIpc) is 3.12. The van der Waals surface area contributed by atoms with Crippen molar-refractivity contribution in [3.63, 3.8) is 0 Å². The molecule has 32 heavy (non-hydrogen) atoms. The smallest absolute Gasteiger partial charge is 0.307 e. The van der Waals surface area contributed by atoms with E-state index in [9.17, 15) is 9.59 Å². The summed E-state index contributed by atoms with van der Waals surface area (Å²) in [5, 5.41) is 11.0. The molecule has 0 aliphatic rings. The normalized spacial score (nSPS) is 12.3. The Labute approximate surface area is 195 Å². The van der Waals surface area contributed by atoms with Crippen LogP contribution in [0.4, 0.5) is 0 Å². The van der Waals surface area contributed by atoms with Crippen LogP contribution in [0.2, 0.25) is 5.02 Å². The Balaban J connectivity index is 1.86. The number of thioether (sulfide) groups is 1. The molecule has 1 unspecified atom stereocenters. The van der Waals surface area contributed by atoms with Crippen LogP contribution in [0.1, 0.15) is 42.2 Å². The molecule has 0 saturated carbocycles. The number of Topliss-reactive ketones (excluding diaryl/α,β-unsaturated/α-hetero) is 1. The number of carboxylic acid groups (broad SMARTS) is 1. The first kappa shape index (κ1) is 22.4. The highest BCUT2D eigenvalue weighted by Gasteiger charge is 2.27. The summed E-state index contributed by atoms with van der Waals surface area (Å²) in [6, 6.07) is 17.1. The lowest BCUT2D eigenvalue weighted by Gasteiger charge is -2.20. The van der Waals surface area contributed by atoms with Gasteiger partial charge in [-0.05, 0) is 54.3 Å². The van der Waals surface area contributed by atoms with E-state index < -0.39 is 11.2 Å².